The Bertz CT molecular complexity index is 1020. The van der Waals surface area contributed by atoms with Gasteiger partial charge in [0.25, 0.3) is 0 Å². The van der Waals surface area contributed by atoms with Gasteiger partial charge in [0.2, 0.25) is 11.8 Å². The minimum Gasteiger partial charge on any atom is -0.496 e. The molecule has 3 rings (SSSR count). The van der Waals surface area contributed by atoms with Crippen LogP contribution in [0.15, 0.2) is 60.7 Å². The predicted molar refractivity (Wildman–Crippen MR) is 115 cm³/mol. The van der Waals surface area contributed by atoms with Crippen LogP contribution in [0, 0.1) is 6.92 Å². The first kappa shape index (κ1) is 20.4. The van der Waals surface area contributed by atoms with E-state index in [4.69, 9.17) is 4.74 Å². The van der Waals surface area contributed by atoms with Gasteiger partial charge in [0.1, 0.15) is 5.75 Å². The average Bonchev–Trinajstić information content (AvgIpc) is 2.72. The van der Waals surface area contributed by atoms with E-state index in [1.807, 2.05) is 67.6 Å². The van der Waals surface area contributed by atoms with E-state index in [1.54, 1.807) is 19.1 Å². The molecule has 2 amide bonds. The number of methoxy groups -OCH3 is 1. The third kappa shape index (κ3) is 5.13. The van der Waals surface area contributed by atoms with Crippen molar-refractivity contribution in [3.8, 4) is 5.75 Å². The van der Waals surface area contributed by atoms with E-state index in [9.17, 15) is 9.59 Å². The summed E-state index contributed by atoms with van der Waals surface area (Å²) in [6.07, 6.45) is 0.240. The quantitative estimate of drug-likeness (QED) is 0.672. The van der Waals surface area contributed by atoms with Gasteiger partial charge in [-0.2, -0.15) is 0 Å². The van der Waals surface area contributed by atoms with E-state index in [0.717, 1.165) is 33.2 Å². The number of hydrogen-bond acceptors (Lipinski definition) is 3. The lowest BCUT2D eigenvalue weighted by Crippen LogP contribution is -2.38. The van der Waals surface area contributed by atoms with E-state index >= 15 is 0 Å². The van der Waals surface area contributed by atoms with Crippen LogP contribution in [-0.4, -0.2) is 37.4 Å². The molecule has 0 aliphatic heterocycles. The fraction of sp³-hybridized carbons (Fsp3) is 0.250. The zero-order valence-electron chi connectivity index (χ0n) is 17.1. The fourth-order valence-corrected chi connectivity index (χ4v) is 3.37. The van der Waals surface area contributed by atoms with Crippen molar-refractivity contribution in [2.24, 2.45) is 0 Å². The Morgan fingerprint density at radius 1 is 1.00 bits per heavy atom. The second-order valence-electron chi connectivity index (χ2n) is 7.16. The van der Waals surface area contributed by atoms with Gasteiger partial charge >= 0.3 is 0 Å². The van der Waals surface area contributed by atoms with Gasteiger partial charge in [0, 0.05) is 19.2 Å². The van der Waals surface area contributed by atoms with Crippen LogP contribution >= 0.6 is 0 Å². The van der Waals surface area contributed by atoms with Gasteiger partial charge < -0.3 is 15.0 Å². The van der Waals surface area contributed by atoms with Crippen molar-refractivity contribution in [2.45, 2.75) is 19.9 Å². The molecule has 0 heterocycles. The fourth-order valence-electron chi connectivity index (χ4n) is 3.37. The van der Waals surface area contributed by atoms with Crippen molar-refractivity contribution in [1.82, 2.24) is 10.2 Å². The van der Waals surface area contributed by atoms with Crippen molar-refractivity contribution >= 4 is 22.6 Å². The number of amides is 2. The van der Waals surface area contributed by atoms with Crippen LogP contribution in [-0.2, 0) is 22.6 Å². The summed E-state index contributed by atoms with van der Waals surface area (Å²) in [5.41, 5.74) is 2.99. The summed E-state index contributed by atoms with van der Waals surface area (Å²) in [7, 11) is 3.34. The number of carbonyl (C=O) groups excluding carboxylic acids is 2. The SMILES string of the molecule is COc1ccc(C)cc1CN(C)C(=O)CNC(=O)Cc1cccc2ccccc12. The van der Waals surface area contributed by atoms with Crippen molar-refractivity contribution < 1.29 is 14.3 Å². The number of ether oxygens (including phenoxy) is 1. The number of rotatable bonds is 7. The molecule has 5 nitrogen and oxygen atoms in total. The van der Waals surface area contributed by atoms with Crippen LogP contribution in [0.5, 0.6) is 5.75 Å². The smallest absolute Gasteiger partial charge is 0.242 e. The maximum Gasteiger partial charge on any atom is 0.242 e. The Morgan fingerprint density at radius 3 is 2.55 bits per heavy atom. The van der Waals surface area contributed by atoms with Gasteiger partial charge in [-0.3, -0.25) is 9.59 Å². The second-order valence-corrected chi connectivity index (χ2v) is 7.16. The first-order chi connectivity index (χ1) is 14.0. The van der Waals surface area contributed by atoms with Crippen LogP contribution in [0.25, 0.3) is 10.8 Å². The molecular weight excluding hydrogens is 364 g/mol. The van der Waals surface area contributed by atoms with Gasteiger partial charge in [-0.1, -0.05) is 60.2 Å². The van der Waals surface area contributed by atoms with Crippen LogP contribution in [0.4, 0.5) is 0 Å². The largest absolute Gasteiger partial charge is 0.496 e. The molecular formula is C24H26N2O3. The molecule has 0 saturated heterocycles. The number of fused-ring (bicyclic) bond motifs is 1. The van der Waals surface area contributed by atoms with Gasteiger partial charge in [0.05, 0.1) is 20.1 Å². The van der Waals surface area contributed by atoms with Crippen molar-refractivity contribution in [2.75, 3.05) is 20.7 Å². The standard InChI is InChI=1S/C24H26N2O3/c1-17-11-12-22(29-3)20(13-17)16-26(2)24(28)15-25-23(27)14-19-9-6-8-18-7-4-5-10-21(18)19/h4-13H,14-16H2,1-3H3,(H,25,27). The van der Waals surface area contributed by atoms with Crippen LogP contribution in [0.1, 0.15) is 16.7 Å². The summed E-state index contributed by atoms with van der Waals surface area (Å²) < 4.78 is 5.37. The highest BCUT2D eigenvalue weighted by Crippen LogP contribution is 2.21. The molecule has 1 N–H and O–H groups in total. The summed E-state index contributed by atoms with van der Waals surface area (Å²) in [6.45, 7) is 2.38. The molecule has 0 bridgehead atoms. The van der Waals surface area contributed by atoms with Crippen LogP contribution < -0.4 is 10.1 Å². The van der Waals surface area contributed by atoms with Crippen molar-refractivity contribution in [3.63, 3.8) is 0 Å². The van der Waals surface area contributed by atoms with E-state index in [0.29, 0.717) is 6.54 Å². The Hall–Kier alpha value is -3.34. The number of benzene rings is 3. The Morgan fingerprint density at radius 2 is 1.76 bits per heavy atom. The summed E-state index contributed by atoms with van der Waals surface area (Å²) >= 11 is 0. The molecule has 0 aliphatic rings. The molecule has 0 spiro atoms. The van der Waals surface area contributed by atoms with Crippen molar-refractivity contribution in [3.05, 3.63) is 77.4 Å². The predicted octanol–water partition coefficient (Wildman–Crippen LogP) is 3.47. The molecule has 0 unspecified atom stereocenters. The van der Waals surface area contributed by atoms with Gasteiger partial charge in [-0.25, -0.2) is 0 Å². The number of nitrogens with one attached hydrogen (secondary N) is 1. The van der Waals surface area contributed by atoms with Crippen LogP contribution in [0.3, 0.4) is 0 Å². The summed E-state index contributed by atoms with van der Waals surface area (Å²) in [5, 5.41) is 4.89. The maximum absolute atomic E-state index is 12.5. The van der Waals surface area contributed by atoms with E-state index in [2.05, 4.69) is 5.32 Å². The highest BCUT2D eigenvalue weighted by molar-refractivity contribution is 5.91. The summed E-state index contributed by atoms with van der Waals surface area (Å²) in [4.78, 5) is 26.4. The minimum atomic E-state index is -0.170. The molecule has 0 aromatic heterocycles. The third-order valence-electron chi connectivity index (χ3n) is 4.94. The van der Waals surface area contributed by atoms with Crippen molar-refractivity contribution in [1.29, 1.82) is 0 Å². The highest BCUT2D eigenvalue weighted by Gasteiger charge is 2.14. The summed E-state index contributed by atoms with van der Waals surface area (Å²) in [6, 6.07) is 19.7. The van der Waals surface area contributed by atoms with E-state index < -0.39 is 0 Å². The lowest BCUT2D eigenvalue weighted by atomic mass is 10.0. The number of likely N-dealkylation sites (N-methyl/N-ethyl adjacent to an activating group) is 1. The average molecular weight is 390 g/mol. The molecule has 3 aromatic carbocycles. The Balaban J connectivity index is 1.57. The molecule has 29 heavy (non-hydrogen) atoms. The lowest BCUT2D eigenvalue weighted by Gasteiger charge is -2.19. The first-order valence-electron chi connectivity index (χ1n) is 9.58. The number of hydrogen-bond donors (Lipinski definition) is 1. The first-order valence-corrected chi connectivity index (χ1v) is 9.58. The zero-order valence-corrected chi connectivity index (χ0v) is 17.1. The molecule has 0 radical (unpaired) electrons. The zero-order chi connectivity index (χ0) is 20.8. The maximum atomic E-state index is 12.5. The molecule has 0 atom stereocenters. The highest BCUT2D eigenvalue weighted by atomic mass is 16.5. The number of nitrogens with zero attached hydrogens (tertiary/aromatic N) is 1. The monoisotopic (exact) mass is 390 g/mol. The number of carbonyl (C=O) groups is 2. The Labute approximate surface area is 171 Å². The molecule has 5 heteroatoms. The molecule has 0 fully saturated rings. The number of aryl methyl sites for hydroxylation is 1. The third-order valence-corrected chi connectivity index (χ3v) is 4.94. The van der Waals surface area contributed by atoms with Gasteiger partial charge in [0.15, 0.2) is 0 Å². The topological polar surface area (TPSA) is 58.6 Å². The van der Waals surface area contributed by atoms with E-state index in [1.165, 1.54) is 0 Å². The van der Waals surface area contributed by atoms with Crippen LogP contribution in [0.2, 0.25) is 0 Å². The van der Waals surface area contributed by atoms with Gasteiger partial charge in [-0.15, -0.1) is 0 Å². The lowest BCUT2D eigenvalue weighted by molar-refractivity contribution is -0.132. The minimum absolute atomic E-state index is 0.0335. The molecule has 150 valence electrons. The summed E-state index contributed by atoms with van der Waals surface area (Å²) in [5.74, 6) is 0.423. The van der Waals surface area contributed by atoms with Gasteiger partial charge in [-0.05, 0) is 29.3 Å². The molecule has 0 saturated carbocycles. The molecule has 3 aromatic rings. The second kappa shape index (κ2) is 9.24. The normalized spacial score (nSPS) is 10.6. The molecule has 0 aliphatic carbocycles. The Kier molecular flexibility index (Phi) is 6.50. The van der Waals surface area contributed by atoms with E-state index in [-0.39, 0.29) is 24.8 Å².